The quantitative estimate of drug-likeness (QED) is 0.521. The van der Waals surface area contributed by atoms with E-state index in [4.69, 9.17) is 15.2 Å². The van der Waals surface area contributed by atoms with E-state index in [2.05, 4.69) is 20.2 Å². The lowest BCUT2D eigenvalue weighted by atomic mass is 10.1. The van der Waals surface area contributed by atoms with Crippen molar-refractivity contribution in [2.45, 2.75) is 6.42 Å². The summed E-state index contributed by atoms with van der Waals surface area (Å²) in [4.78, 5) is 8.29. The topological polar surface area (TPSA) is 98.4 Å². The maximum absolute atomic E-state index is 13.2. The van der Waals surface area contributed by atoms with Crippen LogP contribution in [0.4, 0.5) is 14.5 Å². The lowest BCUT2D eigenvalue weighted by Gasteiger charge is -2.00. The van der Waals surface area contributed by atoms with Gasteiger partial charge in [-0.15, -0.1) is 0 Å². The third-order valence-corrected chi connectivity index (χ3v) is 3.87. The third kappa shape index (κ3) is 4.14. The number of fused-ring (bicyclic) bond motifs is 1. The Morgan fingerprint density at radius 1 is 1.14 bits per heavy atom. The van der Waals surface area contributed by atoms with E-state index in [9.17, 15) is 8.78 Å². The number of nitrogens with one attached hydrogen (secondary N) is 1. The summed E-state index contributed by atoms with van der Waals surface area (Å²) >= 11 is 0. The molecule has 3 aromatic rings. The Morgan fingerprint density at radius 2 is 1.93 bits per heavy atom. The molecule has 4 rings (SSSR count). The molecule has 0 amide bonds. The Labute approximate surface area is 158 Å². The van der Waals surface area contributed by atoms with Crippen LogP contribution in [-0.4, -0.2) is 27.8 Å². The number of rotatable bonds is 5. The maximum atomic E-state index is 13.2. The van der Waals surface area contributed by atoms with Crippen molar-refractivity contribution < 1.29 is 18.3 Å². The molecule has 0 spiro atoms. The van der Waals surface area contributed by atoms with Gasteiger partial charge in [0.2, 0.25) is 6.79 Å². The summed E-state index contributed by atoms with van der Waals surface area (Å²) in [5, 5.41) is 6.93. The third-order valence-electron chi connectivity index (χ3n) is 3.87. The van der Waals surface area contributed by atoms with Crippen LogP contribution >= 0.6 is 0 Å². The summed E-state index contributed by atoms with van der Waals surface area (Å²) in [5.41, 5.74) is 6.84. The summed E-state index contributed by atoms with van der Waals surface area (Å²) in [7, 11) is 0. The fourth-order valence-corrected chi connectivity index (χ4v) is 2.66. The number of halogens is 2. The number of aromatic nitrogens is 3. The Kier molecular flexibility index (Phi) is 4.71. The van der Waals surface area contributed by atoms with Crippen LogP contribution in [0.25, 0.3) is 6.08 Å². The van der Waals surface area contributed by atoms with Gasteiger partial charge < -0.3 is 15.2 Å². The molecule has 9 heteroatoms. The van der Waals surface area contributed by atoms with Crippen LogP contribution in [0.2, 0.25) is 0 Å². The number of amidine groups is 1. The summed E-state index contributed by atoms with van der Waals surface area (Å²) < 4.78 is 37.0. The molecule has 7 nitrogen and oxygen atoms in total. The van der Waals surface area contributed by atoms with E-state index in [-0.39, 0.29) is 18.3 Å². The lowest BCUT2D eigenvalue weighted by molar-refractivity contribution is 0.174. The van der Waals surface area contributed by atoms with Crippen LogP contribution in [0.1, 0.15) is 17.2 Å². The van der Waals surface area contributed by atoms with E-state index >= 15 is 0 Å². The second kappa shape index (κ2) is 7.47. The summed E-state index contributed by atoms with van der Waals surface area (Å²) in [5.74, 6) is 1.09. The lowest BCUT2D eigenvalue weighted by Crippen LogP contribution is -2.06. The average Bonchev–Trinajstić information content (AvgIpc) is 3.28. The monoisotopic (exact) mass is 383 g/mol. The maximum Gasteiger partial charge on any atom is 0.231 e. The van der Waals surface area contributed by atoms with Crippen LogP contribution in [-0.2, 0) is 6.42 Å². The summed E-state index contributed by atoms with van der Waals surface area (Å²) in [6, 6.07) is 8.60. The van der Waals surface area contributed by atoms with Crippen LogP contribution < -0.4 is 15.2 Å². The van der Waals surface area contributed by atoms with Crippen LogP contribution in [0.3, 0.4) is 0 Å². The molecule has 28 heavy (non-hydrogen) atoms. The van der Waals surface area contributed by atoms with Crippen molar-refractivity contribution in [1.82, 2.24) is 15.2 Å². The van der Waals surface area contributed by atoms with Gasteiger partial charge >= 0.3 is 0 Å². The van der Waals surface area contributed by atoms with Crippen molar-refractivity contribution >= 4 is 17.6 Å². The molecule has 142 valence electrons. The molecule has 1 aliphatic rings. The van der Waals surface area contributed by atoms with Gasteiger partial charge in [0.1, 0.15) is 23.3 Å². The minimum absolute atomic E-state index is 0.0621. The molecule has 1 aromatic heterocycles. The van der Waals surface area contributed by atoms with Crippen LogP contribution in [0.5, 0.6) is 11.5 Å². The Hall–Kier alpha value is -3.75. The fourth-order valence-electron chi connectivity index (χ4n) is 2.66. The molecular formula is C19H15F2N5O2. The predicted molar refractivity (Wildman–Crippen MR) is 98.4 cm³/mol. The van der Waals surface area contributed by atoms with Gasteiger partial charge in [-0.1, -0.05) is 6.07 Å². The molecule has 0 unspecified atom stereocenters. The Bertz CT molecular complexity index is 1060. The molecule has 1 aliphatic heterocycles. The van der Waals surface area contributed by atoms with Crippen LogP contribution in [0, 0.1) is 11.6 Å². The zero-order chi connectivity index (χ0) is 19.5. The standard InChI is InChI=1S/C19H15F2N5O2/c20-12-7-13(21)9-14(8-12)23-17(22)3-4-18-24-19(26-25-18)6-11-1-2-15-16(5-11)28-10-27-15/h1-5,7-9H,6,10H2,(H2,22,23)(H,24,25,26)/b4-3-. The van der Waals surface area contributed by atoms with Crippen molar-refractivity contribution in [2.24, 2.45) is 10.7 Å². The number of nitrogens with two attached hydrogens (primary N) is 1. The first-order chi connectivity index (χ1) is 13.5. The number of aliphatic imine (C=N–C) groups is 1. The van der Waals surface area contributed by atoms with Gasteiger partial charge in [-0.3, -0.25) is 5.10 Å². The van der Waals surface area contributed by atoms with Crippen LogP contribution in [0.15, 0.2) is 47.5 Å². The first-order valence-electron chi connectivity index (χ1n) is 8.33. The second-order valence-electron chi connectivity index (χ2n) is 6.00. The van der Waals surface area contributed by atoms with E-state index in [0.717, 1.165) is 29.5 Å². The molecule has 0 saturated carbocycles. The Balaban J connectivity index is 1.43. The van der Waals surface area contributed by atoms with Gasteiger partial charge in [-0.05, 0) is 42.0 Å². The van der Waals surface area contributed by atoms with Gasteiger partial charge in [0, 0.05) is 12.5 Å². The van der Waals surface area contributed by atoms with Crippen molar-refractivity contribution in [2.75, 3.05) is 6.79 Å². The molecule has 0 radical (unpaired) electrons. The highest BCUT2D eigenvalue weighted by Gasteiger charge is 2.14. The highest BCUT2D eigenvalue weighted by Crippen LogP contribution is 2.32. The highest BCUT2D eigenvalue weighted by molar-refractivity contribution is 5.96. The van der Waals surface area contributed by atoms with E-state index < -0.39 is 11.6 Å². The van der Waals surface area contributed by atoms with E-state index in [0.29, 0.717) is 23.8 Å². The predicted octanol–water partition coefficient (Wildman–Crippen LogP) is 3.10. The van der Waals surface area contributed by atoms with Crippen molar-refractivity contribution in [3.05, 3.63) is 71.3 Å². The molecule has 0 bridgehead atoms. The number of benzene rings is 2. The minimum atomic E-state index is -0.724. The van der Waals surface area contributed by atoms with Crippen molar-refractivity contribution in [3.63, 3.8) is 0 Å². The second-order valence-corrected chi connectivity index (χ2v) is 6.00. The highest BCUT2D eigenvalue weighted by atomic mass is 19.1. The van der Waals surface area contributed by atoms with Crippen molar-refractivity contribution in [1.29, 1.82) is 0 Å². The summed E-state index contributed by atoms with van der Waals surface area (Å²) in [6.07, 6.45) is 3.54. The largest absolute Gasteiger partial charge is 0.454 e. The minimum Gasteiger partial charge on any atom is -0.454 e. The van der Waals surface area contributed by atoms with Gasteiger partial charge in [0.05, 0.1) is 5.69 Å². The Morgan fingerprint density at radius 3 is 2.75 bits per heavy atom. The smallest absolute Gasteiger partial charge is 0.231 e. The van der Waals surface area contributed by atoms with Gasteiger partial charge in [0.15, 0.2) is 17.3 Å². The van der Waals surface area contributed by atoms with Gasteiger partial charge in [0.25, 0.3) is 0 Å². The SMILES string of the molecule is NC(/C=C\c1n[nH]c(Cc2ccc3c(c2)OCO3)n1)=Nc1cc(F)cc(F)c1. The first kappa shape index (κ1) is 17.7. The molecule has 0 aliphatic carbocycles. The molecule has 2 aromatic carbocycles. The molecule has 0 saturated heterocycles. The number of nitrogens with zero attached hydrogens (tertiary/aromatic N) is 3. The number of ether oxygens (including phenoxy) is 2. The molecule has 0 atom stereocenters. The number of aromatic amines is 1. The van der Waals surface area contributed by atoms with E-state index in [1.165, 1.54) is 6.08 Å². The number of hydrogen-bond acceptors (Lipinski definition) is 5. The van der Waals surface area contributed by atoms with Gasteiger partial charge in [-0.2, -0.15) is 5.10 Å². The van der Waals surface area contributed by atoms with Gasteiger partial charge in [-0.25, -0.2) is 18.8 Å². The molecule has 3 N–H and O–H groups in total. The number of hydrogen-bond donors (Lipinski definition) is 2. The van der Waals surface area contributed by atoms with E-state index in [1.807, 2.05) is 18.2 Å². The van der Waals surface area contributed by atoms with Crippen molar-refractivity contribution in [3.8, 4) is 11.5 Å². The first-order valence-corrected chi connectivity index (χ1v) is 8.33. The molecule has 0 fully saturated rings. The number of H-pyrrole nitrogens is 1. The molecule has 2 heterocycles. The van der Waals surface area contributed by atoms with E-state index in [1.54, 1.807) is 6.08 Å². The normalized spacial score (nSPS) is 13.4. The zero-order valence-electron chi connectivity index (χ0n) is 14.5. The fraction of sp³-hybridized carbons (Fsp3) is 0.105. The zero-order valence-corrected chi connectivity index (χ0v) is 14.5. The summed E-state index contributed by atoms with van der Waals surface area (Å²) in [6.45, 7) is 0.223. The molecular weight excluding hydrogens is 368 g/mol. The average molecular weight is 383 g/mol.